The highest BCUT2D eigenvalue weighted by molar-refractivity contribution is 7.16. The van der Waals surface area contributed by atoms with Crippen molar-refractivity contribution in [3.05, 3.63) is 88.7 Å². The van der Waals surface area contributed by atoms with E-state index in [9.17, 15) is 18.4 Å². The third-order valence-corrected chi connectivity index (χ3v) is 5.57. The molecule has 1 heterocycles. The first kappa shape index (κ1) is 22.3. The third kappa shape index (κ3) is 5.15. The minimum absolute atomic E-state index is 0.0258. The molecule has 0 unspecified atom stereocenters. The molecule has 0 saturated heterocycles. The first-order valence-corrected chi connectivity index (χ1v) is 10.8. The highest BCUT2D eigenvalue weighted by atomic mass is 32.1. The van der Waals surface area contributed by atoms with Crippen LogP contribution in [0, 0.1) is 11.6 Å². The molecule has 0 aliphatic heterocycles. The first-order chi connectivity index (χ1) is 15.9. The van der Waals surface area contributed by atoms with Crippen LogP contribution in [0.15, 0.2) is 71.7 Å². The van der Waals surface area contributed by atoms with Crippen molar-refractivity contribution in [2.45, 2.75) is 13.5 Å². The van der Waals surface area contributed by atoms with Crippen molar-refractivity contribution < 1.29 is 27.8 Å². The van der Waals surface area contributed by atoms with Gasteiger partial charge >= 0.3 is 5.97 Å². The van der Waals surface area contributed by atoms with E-state index in [1.165, 1.54) is 10.6 Å². The summed E-state index contributed by atoms with van der Waals surface area (Å²) in [6.45, 7) is 1.40. The first-order valence-electron chi connectivity index (χ1n) is 10.0. The van der Waals surface area contributed by atoms with Gasteiger partial charge in [-0.2, -0.15) is 4.99 Å². The van der Waals surface area contributed by atoms with Gasteiger partial charge in [0.15, 0.2) is 10.6 Å². The Morgan fingerprint density at radius 3 is 2.52 bits per heavy atom. The second-order valence-corrected chi connectivity index (χ2v) is 7.88. The standard InChI is InChI=1S/C24H18F2N2O4S/c1-2-31-21(29)14-28-22-19(26)12-16(25)13-20(22)33-24(28)27-23(30)15-7-6-10-18(11-15)32-17-8-4-3-5-9-17/h3-13H,2,14H2,1H3. The van der Waals surface area contributed by atoms with Gasteiger partial charge in [0.25, 0.3) is 5.91 Å². The number of rotatable bonds is 6. The summed E-state index contributed by atoms with van der Waals surface area (Å²) in [7, 11) is 0. The molecule has 9 heteroatoms. The number of amides is 1. The number of nitrogens with zero attached hydrogens (tertiary/aromatic N) is 2. The largest absolute Gasteiger partial charge is 0.465 e. The smallest absolute Gasteiger partial charge is 0.326 e. The number of ether oxygens (including phenoxy) is 2. The zero-order valence-corrected chi connectivity index (χ0v) is 18.3. The number of benzene rings is 3. The van der Waals surface area contributed by atoms with Gasteiger partial charge < -0.3 is 14.0 Å². The lowest BCUT2D eigenvalue weighted by molar-refractivity contribution is -0.143. The Labute approximate surface area is 191 Å². The quantitative estimate of drug-likeness (QED) is 0.370. The number of fused-ring (bicyclic) bond motifs is 1. The minimum atomic E-state index is -0.863. The molecule has 4 aromatic rings. The zero-order chi connectivity index (χ0) is 23.4. The topological polar surface area (TPSA) is 69.9 Å². The SMILES string of the molecule is CCOC(=O)Cn1c(=NC(=O)c2cccc(Oc3ccccc3)c2)sc2cc(F)cc(F)c21. The fourth-order valence-corrected chi connectivity index (χ4v) is 4.23. The third-order valence-electron chi connectivity index (χ3n) is 4.54. The van der Waals surface area contributed by atoms with Gasteiger partial charge in [0.2, 0.25) is 0 Å². The van der Waals surface area contributed by atoms with Gasteiger partial charge in [-0.15, -0.1) is 0 Å². The Hall–Kier alpha value is -3.85. The fraction of sp³-hybridized carbons (Fsp3) is 0.125. The van der Waals surface area contributed by atoms with Crippen LogP contribution >= 0.6 is 11.3 Å². The normalized spacial score (nSPS) is 11.5. The average Bonchev–Trinajstić information content (AvgIpc) is 3.11. The predicted molar refractivity (Wildman–Crippen MR) is 119 cm³/mol. The molecule has 0 atom stereocenters. The van der Waals surface area contributed by atoms with Gasteiger partial charge in [-0.1, -0.05) is 35.6 Å². The Kier molecular flexibility index (Phi) is 6.60. The molecule has 0 fully saturated rings. The Bertz CT molecular complexity index is 1400. The Morgan fingerprint density at radius 1 is 1.00 bits per heavy atom. The lowest BCUT2D eigenvalue weighted by Gasteiger charge is -2.07. The van der Waals surface area contributed by atoms with Crippen LogP contribution in [0.4, 0.5) is 8.78 Å². The van der Waals surface area contributed by atoms with Crippen molar-refractivity contribution in [3.8, 4) is 11.5 Å². The number of halogens is 2. The highest BCUT2D eigenvalue weighted by Gasteiger charge is 2.17. The number of aromatic nitrogens is 1. The molecule has 6 nitrogen and oxygen atoms in total. The Morgan fingerprint density at radius 2 is 1.76 bits per heavy atom. The van der Waals surface area contributed by atoms with E-state index in [2.05, 4.69) is 4.99 Å². The molecular weight excluding hydrogens is 450 g/mol. The molecular formula is C24H18F2N2O4S. The van der Waals surface area contributed by atoms with Gasteiger partial charge in [0.05, 0.1) is 16.8 Å². The molecule has 0 N–H and O–H groups in total. The van der Waals surface area contributed by atoms with E-state index < -0.39 is 23.5 Å². The number of carbonyl (C=O) groups is 2. The van der Waals surface area contributed by atoms with E-state index in [1.807, 2.05) is 18.2 Å². The fourth-order valence-electron chi connectivity index (χ4n) is 3.17. The average molecular weight is 468 g/mol. The van der Waals surface area contributed by atoms with Gasteiger partial charge in [0, 0.05) is 11.6 Å². The zero-order valence-electron chi connectivity index (χ0n) is 17.5. The molecule has 0 saturated carbocycles. The molecule has 0 radical (unpaired) electrons. The van der Waals surface area contributed by atoms with E-state index in [-0.39, 0.29) is 33.7 Å². The van der Waals surface area contributed by atoms with Crippen LogP contribution in [-0.2, 0) is 16.1 Å². The van der Waals surface area contributed by atoms with Crippen molar-refractivity contribution >= 4 is 33.4 Å². The molecule has 0 aliphatic carbocycles. The number of hydrogen-bond donors (Lipinski definition) is 0. The second kappa shape index (κ2) is 9.74. The summed E-state index contributed by atoms with van der Waals surface area (Å²) in [5.74, 6) is -1.85. The summed E-state index contributed by atoms with van der Waals surface area (Å²) in [6, 6.07) is 17.3. The summed E-state index contributed by atoms with van der Waals surface area (Å²) in [5.41, 5.74) is 0.206. The van der Waals surface area contributed by atoms with Gasteiger partial charge in [0.1, 0.15) is 23.9 Å². The van der Waals surface area contributed by atoms with Crippen molar-refractivity contribution in [1.82, 2.24) is 4.57 Å². The lowest BCUT2D eigenvalue weighted by atomic mass is 10.2. The van der Waals surface area contributed by atoms with Crippen molar-refractivity contribution in [2.24, 2.45) is 4.99 Å². The molecule has 168 valence electrons. The maximum Gasteiger partial charge on any atom is 0.326 e. The van der Waals surface area contributed by atoms with Crippen LogP contribution in [0.3, 0.4) is 0 Å². The van der Waals surface area contributed by atoms with Gasteiger partial charge in [-0.3, -0.25) is 9.59 Å². The monoisotopic (exact) mass is 468 g/mol. The van der Waals surface area contributed by atoms with Crippen LogP contribution in [0.2, 0.25) is 0 Å². The summed E-state index contributed by atoms with van der Waals surface area (Å²) < 4.78 is 40.4. The number of esters is 1. The van der Waals surface area contributed by atoms with Crippen LogP contribution in [0.25, 0.3) is 10.2 Å². The summed E-state index contributed by atoms with van der Waals surface area (Å²) >= 11 is 0.899. The van der Waals surface area contributed by atoms with Crippen LogP contribution in [0.1, 0.15) is 17.3 Å². The van der Waals surface area contributed by atoms with Crippen LogP contribution in [-0.4, -0.2) is 23.1 Å². The summed E-state index contributed by atoms with van der Waals surface area (Å²) in [6.07, 6.45) is 0. The highest BCUT2D eigenvalue weighted by Crippen LogP contribution is 2.24. The van der Waals surface area contributed by atoms with Gasteiger partial charge in [-0.25, -0.2) is 8.78 Å². The lowest BCUT2D eigenvalue weighted by Crippen LogP contribution is -2.23. The molecule has 0 aliphatic rings. The second-order valence-electron chi connectivity index (χ2n) is 6.87. The van der Waals surface area contributed by atoms with Crippen LogP contribution in [0.5, 0.6) is 11.5 Å². The molecule has 33 heavy (non-hydrogen) atoms. The van der Waals surface area contributed by atoms with E-state index in [0.29, 0.717) is 17.6 Å². The molecule has 1 aromatic heterocycles. The van der Waals surface area contributed by atoms with Gasteiger partial charge in [-0.05, 0) is 43.3 Å². The van der Waals surface area contributed by atoms with Crippen molar-refractivity contribution in [2.75, 3.05) is 6.61 Å². The van der Waals surface area contributed by atoms with E-state index in [4.69, 9.17) is 9.47 Å². The molecule has 0 spiro atoms. The Balaban J connectivity index is 1.73. The van der Waals surface area contributed by atoms with Crippen LogP contribution < -0.4 is 9.54 Å². The molecule has 0 bridgehead atoms. The number of carbonyl (C=O) groups excluding carboxylic acids is 2. The maximum atomic E-state index is 14.5. The summed E-state index contributed by atoms with van der Waals surface area (Å²) in [4.78, 5) is 29.1. The number of para-hydroxylation sites is 1. The number of thiazole rings is 1. The minimum Gasteiger partial charge on any atom is -0.465 e. The predicted octanol–water partition coefficient (Wildman–Crippen LogP) is 5.08. The van der Waals surface area contributed by atoms with E-state index >= 15 is 0 Å². The van der Waals surface area contributed by atoms with E-state index in [0.717, 1.165) is 17.4 Å². The summed E-state index contributed by atoms with van der Waals surface area (Å²) in [5, 5.41) is 0. The molecule has 1 amide bonds. The van der Waals surface area contributed by atoms with E-state index in [1.54, 1.807) is 37.3 Å². The molecule has 4 rings (SSSR count). The maximum absolute atomic E-state index is 14.5. The number of hydrogen-bond acceptors (Lipinski definition) is 5. The molecule has 3 aromatic carbocycles. The van der Waals surface area contributed by atoms with Crippen molar-refractivity contribution in [1.29, 1.82) is 0 Å². The van der Waals surface area contributed by atoms with Crippen molar-refractivity contribution in [3.63, 3.8) is 0 Å².